The fraction of sp³-hybridized carbons (Fsp3) is 0.250. The monoisotopic (exact) mass is 263 g/mol. The van der Waals surface area contributed by atoms with Crippen molar-refractivity contribution in [1.82, 2.24) is 15.0 Å². The van der Waals surface area contributed by atoms with Gasteiger partial charge < -0.3 is 11.1 Å². The normalized spacial score (nSPS) is 10.5. The number of anilines is 1. The van der Waals surface area contributed by atoms with Gasteiger partial charge in [0.2, 0.25) is 0 Å². The summed E-state index contributed by atoms with van der Waals surface area (Å²) in [5.41, 5.74) is 6.33. The summed E-state index contributed by atoms with van der Waals surface area (Å²) in [6.45, 7) is 2.49. The summed E-state index contributed by atoms with van der Waals surface area (Å²) in [6, 6.07) is 4.49. The van der Waals surface area contributed by atoms with E-state index in [1.165, 1.54) is 23.0 Å². The van der Waals surface area contributed by atoms with Crippen LogP contribution in [0.15, 0.2) is 24.4 Å². The molecule has 3 N–H and O–H groups in total. The maximum Gasteiger partial charge on any atom is 0.277 e. The number of rotatable bonds is 4. The lowest BCUT2D eigenvalue weighted by Gasteiger charge is -2.06. The van der Waals surface area contributed by atoms with Gasteiger partial charge in [0.05, 0.1) is 12.7 Å². The summed E-state index contributed by atoms with van der Waals surface area (Å²) in [7, 11) is 0. The third-order valence-corrected chi connectivity index (χ3v) is 2.65. The van der Waals surface area contributed by atoms with Gasteiger partial charge in [-0.3, -0.25) is 9.48 Å². The van der Waals surface area contributed by atoms with Gasteiger partial charge in [0, 0.05) is 17.8 Å². The molecule has 0 bridgehead atoms. The summed E-state index contributed by atoms with van der Waals surface area (Å²) >= 11 is 0. The van der Waals surface area contributed by atoms with Crippen LogP contribution < -0.4 is 11.1 Å². The van der Waals surface area contributed by atoms with Crippen LogP contribution in [-0.2, 0) is 6.54 Å². The minimum atomic E-state index is -0.433. The lowest BCUT2D eigenvalue weighted by molar-refractivity contribution is 0.102. The molecule has 1 heterocycles. The van der Waals surface area contributed by atoms with Crippen LogP contribution in [0.1, 0.15) is 16.1 Å². The first kappa shape index (κ1) is 13.2. The summed E-state index contributed by atoms with van der Waals surface area (Å²) in [5.74, 6) is -0.804. The molecule has 0 saturated heterocycles. The highest BCUT2D eigenvalue weighted by Crippen LogP contribution is 2.17. The smallest absolute Gasteiger partial charge is 0.277 e. The highest BCUT2D eigenvalue weighted by Gasteiger charge is 2.13. The number of carbonyl (C=O) groups excluding carboxylic acids is 1. The van der Waals surface area contributed by atoms with Crippen molar-refractivity contribution in [2.24, 2.45) is 5.73 Å². The predicted molar refractivity (Wildman–Crippen MR) is 68.2 cm³/mol. The topological polar surface area (TPSA) is 85.8 Å². The highest BCUT2D eigenvalue weighted by atomic mass is 19.1. The Morgan fingerprint density at radius 2 is 2.32 bits per heavy atom. The second-order valence-electron chi connectivity index (χ2n) is 4.02. The number of halogens is 1. The lowest BCUT2D eigenvalue weighted by Crippen LogP contribution is -2.14. The number of nitrogens with one attached hydrogen (secondary N) is 1. The molecule has 0 spiro atoms. The van der Waals surface area contributed by atoms with Crippen molar-refractivity contribution < 1.29 is 9.18 Å². The molecule has 0 aliphatic carbocycles. The number of hydrogen-bond donors (Lipinski definition) is 2. The van der Waals surface area contributed by atoms with Crippen molar-refractivity contribution in [2.45, 2.75) is 13.5 Å². The van der Waals surface area contributed by atoms with Crippen LogP contribution in [0.3, 0.4) is 0 Å². The van der Waals surface area contributed by atoms with Crippen LogP contribution in [0.25, 0.3) is 0 Å². The van der Waals surface area contributed by atoms with E-state index in [2.05, 4.69) is 15.6 Å². The fourth-order valence-corrected chi connectivity index (χ4v) is 1.57. The Morgan fingerprint density at radius 3 is 3.05 bits per heavy atom. The first-order chi connectivity index (χ1) is 9.11. The molecule has 0 aliphatic rings. The van der Waals surface area contributed by atoms with E-state index in [1.54, 1.807) is 13.0 Å². The fourth-order valence-electron chi connectivity index (χ4n) is 1.57. The molecule has 6 nitrogen and oxygen atoms in total. The van der Waals surface area contributed by atoms with Gasteiger partial charge in [-0.1, -0.05) is 11.3 Å². The average Bonchev–Trinajstić information content (AvgIpc) is 2.84. The Bertz CT molecular complexity index is 596. The maximum absolute atomic E-state index is 13.3. The number of nitrogens with two attached hydrogens (primary N) is 1. The maximum atomic E-state index is 13.3. The van der Waals surface area contributed by atoms with Crippen molar-refractivity contribution in [1.29, 1.82) is 0 Å². The zero-order valence-electron chi connectivity index (χ0n) is 10.4. The van der Waals surface area contributed by atoms with E-state index in [0.717, 1.165) is 0 Å². The number of hydrogen-bond acceptors (Lipinski definition) is 4. The van der Waals surface area contributed by atoms with E-state index >= 15 is 0 Å². The number of aromatic nitrogens is 3. The minimum absolute atomic E-state index is 0.164. The molecule has 1 amide bonds. The first-order valence-corrected chi connectivity index (χ1v) is 5.78. The van der Waals surface area contributed by atoms with Crippen molar-refractivity contribution >= 4 is 11.6 Å². The Kier molecular flexibility index (Phi) is 3.86. The largest absolute Gasteiger partial charge is 0.329 e. The van der Waals surface area contributed by atoms with E-state index in [1.807, 2.05) is 0 Å². The molecule has 0 atom stereocenters. The molecule has 2 rings (SSSR count). The molecule has 1 aromatic heterocycles. The molecule has 1 aromatic carbocycles. The number of nitrogens with zero attached hydrogens (tertiary/aromatic N) is 3. The minimum Gasteiger partial charge on any atom is -0.329 e. The molecule has 2 aromatic rings. The SMILES string of the molecule is Cc1c(F)cccc1NC(=O)c1cn(CCN)nn1. The van der Waals surface area contributed by atoms with E-state index in [0.29, 0.717) is 24.3 Å². The quantitative estimate of drug-likeness (QED) is 0.859. The lowest BCUT2D eigenvalue weighted by atomic mass is 10.2. The Hall–Kier alpha value is -2.28. The molecular weight excluding hydrogens is 249 g/mol. The van der Waals surface area contributed by atoms with Crippen molar-refractivity contribution in [2.75, 3.05) is 11.9 Å². The van der Waals surface area contributed by atoms with E-state index < -0.39 is 5.91 Å². The first-order valence-electron chi connectivity index (χ1n) is 5.78. The summed E-state index contributed by atoms with van der Waals surface area (Å²) < 4.78 is 14.8. The second-order valence-corrected chi connectivity index (χ2v) is 4.02. The van der Waals surface area contributed by atoms with Crippen LogP contribution in [0.5, 0.6) is 0 Å². The average molecular weight is 263 g/mol. The third-order valence-electron chi connectivity index (χ3n) is 2.65. The van der Waals surface area contributed by atoms with Crippen molar-refractivity contribution in [3.05, 3.63) is 41.5 Å². The molecule has 100 valence electrons. The molecule has 0 aliphatic heterocycles. The van der Waals surface area contributed by atoms with E-state index in [4.69, 9.17) is 5.73 Å². The van der Waals surface area contributed by atoms with Crippen LogP contribution >= 0.6 is 0 Å². The van der Waals surface area contributed by atoms with Gasteiger partial charge in [-0.15, -0.1) is 5.10 Å². The zero-order chi connectivity index (χ0) is 13.8. The molecule has 7 heteroatoms. The number of carbonyl (C=O) groups is 1. The summed E-state index contributed by atoms with van der Waals surface area (Å²) in [5, 5.41) is 10.1. The van der Waals surface area contributed by atoms with Gasteiger partial charge in [0.25, 0.3) is 5.91 Å². The van der Waals surface area contributed by atoms with E-state index in [9.17, 15) is 9.18 Å². The van der Waals surface area contributed by atoms with Crippen LogP contribution in [0.2, 0.25) is 0 Å². The van der Waals surface area contributed by atoms with Gasteiger partial charge >= 0.3 is 0 Å². The highest BCUT2D eigenvalue weighted by molar-refractivity contribution is 6.03. The molecule has 0 radical (unpaired) electrons. The summed E-state index contributed by atoms with van der Waals surface area (Å²) in [4.78, 5) is 11.9. The van der Waals surface area contributed by atoms with Gasteiger partial charge in [0.15, 0.2) is 5.69 Å². The van der Waals surface area contributed by atoms with Crippen LogP contribution in [-0.4, -0.2) is 27.4 Å². The van der Waals surface area contributed by atoms with Gasteiger partial charge in [-0.2, -0.15) is 0 Å². The second kappa shape index (κ2) is 5.57. The molecule has 0 saturated carbocycles. The number of benzene rings is 1. The van der Waals surface area contributed by atoms with Crippen molar-refractivity contribution in [3.63, 3.8) is 0 Å². The predicted octanol–water partition coefficient (Wildman–Crippen LogP) is 0.937. The Morgan fingerprint density at radius 1 is 1.53 bits per heavy atom. The summed E-state index contributed by atoms with van der Waals surface area (Å²) in [6.07, 6.45) is 1.50. The molecule has 0 unspecified atom stereocenters. The molecule has 19 heavy (non-hydrogen) atoms. The van der Waals surface area contributed by atoms with Crippen LogP contribution in [0, 0.1) is 12.7 Å². The third kappa shape index (κ3) is 2.94. The van der Waals surface area contributed by atoms with Crippen molar-refractivity contribution in [3.8, 4) is 0 Å². The Balaban J connectivity index is 2.14. The number of amides is 1. The van der Waals surface area contributed by atoms with E-state index in [-0.39, 0.29) is 11.5 Å². The standard InChI is InChI=1S/C12H14FN5O/c1-8-9(13)3-2-4-10(8)15-12(19)11-7-18(6-5-14)17-16-11/h2-4,7H,5-6,14H2,1H3,(H,15,19). The van der Waals surface area contributed by atoms with Gasteiger partial charge in [-0.05, 0) is 19.1 Å². The Labute approximate surface area is 109 Å². The van der Waals surface area contributed by atoms with Gasteiger partial charge in [0.1, 0.15) is 5.82 Å². The molecule has 0 fully saturated rings. The van der Waals surface area contributed by atoms with Crippen LogP contribution in [0.4, 0.5) is 10.1 Å². The molecular formula is C12H14FN5O. The zero-order valence-corrected chi connectivity index (χ0v) is 10.4. The van der Waals surface area contributed by atoms with Gasteiger partial charge in [-0.25, -0.2) is 4.39 Å².